The standard InChI is InChI=1S/C27H27O4P/c1-19(22-13-7-4-8-14-22)25(28)32(31,26(29)20(2)23-15-9-5-10-16-23)27(30)21(3)24-17-11-6-12-18-24/h4-21H,1-3H3. The lowest BCUT2D eigenvalue weighted by Gasteiger charge is -2.24. The molecule has 0 aliphatic carbocycles. The molecule has 164 valence electrons. The maximum atomic E-state index is 14.3. The Morgan fingerprint density at radius 3 is 0.938 bits per heavy atom. The van der Waals surface area contributed by atoms with Crippen molar-refractivity contribution < 1.29 is 18.9 Å². The van der Waals surface area contributed by atoms with Gasteiger partial charge in [-0.25, -0.2) is 0 Å². The Morgan fingerprint density at radius 2 is 0.719 bits per heavy atom. The number of carbonyl (C=O) groups excluding carboxylic acids is 3. The molecule has 0 aliphatic heterocycles. The Bertz CT molecular complexity index is 994. The minimum Gasteiger partial charge on any atom is -0.299 e. The highest BCUT2D eigenvalue weighted by Gasteiger charge is 2.51. The molecular formula is C27H27O4P. The minimum atomic E-state index is -4.57. The van der Waals surface area contributed by atoms with E-state index in [0.29, 0.717) is 16.7 Å². The zero-order chi connectivity index (χ0) is 23.3. The van der Waals surface area contributed by atoms with Crippen LogP contribution in [0.5, 0.6) is 0 Å². The molecule has 3 rings (SSSR count). The van der Waals surface area contributed by atoms with Gasteiger partial charge >= 0.3 is 0 Å². The fraction of sp³-hybridized carbons (Fsp3) is 0.222. The molecule has 0 aliphatic rings. The second kappa shape index (κ2) is 10.0. The van der Waals surface area contributed by atoms with E-state index in [1.54, 1.807) is 93.6 Å². The predicted molar refractivity (Wildman–Crippen MR) is 127 cm³/mol. The van der Waals surface area contributed by atoms with E-state index in [0.717, 1.165) is 0 Å². The molecule has 0 radical (unpaired) electrons. The molecular weight excluding hydrogens is 419 g/mol. The maximum absolute atomic E-state index is 14.3. The highest BCUT2D eigenvalue weighted by Crippen LogP contribution is 2.58. The SMILES string of the molecule is CC(C(=O)P(=O)(C(=O)C(C)c1ccccc1)C(=O)C(C)c1ccccc1)c1ccccc1. The van der Waals surface area contributed by atoms with Gasteiger partial charge in [-0.05, 0) is 16.7 Å². The Balaban J connectivity index is 2.07. The molecule has 0 aromatic heterocycles. The summed E-state index contributed by atoms with van der Waals surface area (Å²) < 4.78 is 14.3. The number of rotatable bonds is 9. The number of hydrogen-bond donors (Lipinski definition) is 0. The second-order valence-electron chi connectivity index (χ2n) is 8.02. The molecule has 3 unspecified atom stereocenters. The van der Waals surface area contributed by atoms with Crippen molar-refractivity contribution in [3.63, 3.8) is 0 Å². The summed E-state index contributed by atoms with van der Waals surface area (Å²) in [5.74, 6) is -2.54. The molecule has 32 heavy (non-hydrogen) atoms. The molecule has 0 saturated heterocycles. The van der Waals surface area contributed by atoms with Crippen LogP contribution in [0.25, 0.3) is 0 Å². The van der Waals surface area contributed by atoms with Crippen molar-refractivity contribution in [2.75, 3.05) is 0 Å². The molecule has 0 saturated carbocycles. The summed E-state index contributed by atoms with van der Waals surface area (Å²) in [4.78, 5) is 40.8. The van der Waals surface area contributed by atoms with Crippen LogP contribution >= 0.6 is 7.14 Å². The van der Waals surface area contributed by atoms with Gasteiger partial charge in [-0.15, -0.1) is 0 Å². The zero-order valence-corrected chi connectivity index (χ0v) is 19.4. The summed E-state index contributed by atoms with van der Waals surface area (Å²) in [5, 5.41) is 0. The van der Waals surface area contributed by atoms with Gasteiger partial charge in [0.15, 0.2) is 0 Å². The van der Waals surface area contributed by atoms with Crippen LogP contribution < -0.4 is 0 Å². The molecule has 0 heterocycles. The van der Waals surface area contributed by atoms with Crippen LogP contribution in [0.2, 0.25) is 0 Å². The number of hydrogen-bond acceptors (Lipinski definition) is 4. The molecule has 0 N–H and O–H groups in total. The molecule has 5 heteroatoms. The van der Waals surface area contributed by atoms with Crippen molar-refractivity contribution >= 4 is 23.7 Å². The average Bonchev–Trinajstić information content (AvgIpc) is 2.87. The normalized spacial score (nSPS) is 15.7. The third-order valence-corrected chi connectivity index (χ3v) is 8.97. The lowest BCUT2D eigenvalue weighted by atomic mass is 10.0. The van der Waals surface area contributed by atoms with Crippen LogP contribution in [0, 0.1) is 0 Å². The third-order valence-electron chi connectivity index (χ3n) is 5.94. The Hall–Kier alpha value is -3.10. The number of benzene rings is 3. The average molecular weight is 446 g/mol. The van der Waals surface area contributed by atoms with Crippen LogP contribution in [0.15, 0.2) is 91.0 Å². The van der Waals surface area contributed by atoms with Crippen molar-refractivity contribution in [3.8, 4) is 0 Å². The quantitative estimate of drug-likeness (QED) is 0.360. The van der Waals surface area contributed by atoms with Gasteiger partial charge in [0, 0.05) is 17.8 Å². The first-order valence-corrected chi connectivity index (χ1v) is 12.4. The highest BCUT2D eigenvalue weighted by molar-refractivity contribution is 8.06. The van der Waals surface area contributed by atoms with Gasteiger partial charge in [-0.3, -0.25) is 18.9 Å². The van der Waals surface area contributed by atoms with Crippen LogP contribution in [0.4, 0.5) is 0 Å². The van der Waals surface area contributed by atoms with Gasteiger partial charge < -0.3 is 0 Å². The number of carbonyl (C=O) groups is 3. The first-order chi connectivity index (χ1) is 15.3. The van der Waals surface area contributed by atoms with Crippen molar-refractivity contribution in [1.82, 2.24) is 0 Å². The van der Waals surface area contributed by atoms with E-state index in [1.807, 2.05) is 18.2 Å². The fourth-order valence-electron chi connectivity index (χ4n) is 3.80. The summed E-state index contributed by atoms with van der Waals surface area (Å²) in [7, 11) is -4.57. The Labute approximate surface area is 189 Å². The van der Waals surface area contributed by atoms with E-state index < -0.39 is 41.5 Å². The van der Waals surface area contributed by atoms with Crippen LogP contribution in [-0.4, -0.2) is 16.6 Å². The molecule has 3 aromatic carbocycles. The van der Waals surface area contributed by atoms with Crippen molar-refractivity contribution in [3.05, 3.63) is 108 Å². The lowest BCUT2D eigenvalue weighted by molar-refractivity contribution is -0.119. The van der Waals surface area contributed by atoms with Crippen molar-refractivity contribution in [2.45, 2.75) is 38.5 Å². The molecule has 3 atom stereocenters. The topological polar surface area (TPSA) is 68.3 Å². The van der Waals surface area contributed by atoms with Gasteiger partial charge in [0.25, 0.3) is 7.14 Å². The van der Waals surface area contributed by atoms with Gasteiger partial charge in [0.1, 0.15) is 0 Å². The molecule has 0 bridgehead atoms. The summed E-state index contributed by atoms with van der Waals surface area (Å²) in [6, 6.07) is 26.5. The third kappa shape index (κ3) is 4.56. The molecule has 4 nitrogen and oxygen atoms in total. The zero-order valence-electron chi connectivity index (χ0n) is 18.5. The molecule has 0 amide bonds. The van der Waals surface area contributed by atoms with Crippen LogP contribution in [-0.2, 0) is 18.9 Å². The van der Waals surface area contributed by atoms with Gasteiger partial charge in [-0.1, -0.05) is 112 Å². The highest BCUT2D eigenvalue weighted by atomic mass is 31.2. The van der Waals surface area contributed by atoms with Crippen LogP contribution in [0.3, 0.4) is 0 Å². The smallest absolute Gasteiger partial charge is 0.274 e. The largest absolute Gasteiger partial charge is 0.299 e. The predicted octanol–water partition coefficient (Wildman–Crippen LogP) is 6.34. The maximum Gasteiger partial charge on any atom is 0.274 e. The summed E-state index contributed by atoms with van der Waals surface area (Å²) >= 11 is 0. The van der Waals surface area contributed by atoms with Crippen molar-refractivity contribution in [1.29, 1.82) is 0 Å². The first-order valence-electron chi connectivity index (χ1n) is 10.7. The van der Waals surface area contributed by atoms with Crippen molar-refractivity contribution in [2.24, 2.45) is 0 Å². The van der Waals surface area contributed by atoms with Gasteiger partial charge in [-0.2, -0.15) is 0 Å². The summed E-state index contributed by atoms with van der Waals surface area (Å²) in [6.45, 7) is 4.81. The fourth-order valence-corrected chi connectivity index (χ4v) is 6.53. The van der Waals surface area contributed by atoms with E-state index >= 15 is 0 Å². The van der Waals surface area contributed by atoms with Gasteiger partial charge in [0.05, 0.1) is 0 Å². The minimum absolute atomic E-state index is 0.623. The van der Waals surface area contributed by atoms with E-state index in [2.05, 4.69) is 0 Å². The first kappa shape index (κ1) is 23.6. The monoisotopic (exact) mass is 446 g/mol. The summed E-state index contributed by atoms with van der Waals surface area (Å²) in [6.07, 6.45) is 0. The molecule has 3 aromatic rings. The Kier molecular flexibility index (Phi) is 7.37. The van der Waals surface area contributed by atoms with Crippen LogP contribution in [0.1, 0.15) is 55.2 Å². The Morgan fingerprint density at radius 1 is 0.500 bits per heavy atom. The van der Waals surface area contributed by atoms with E-state index in [4.69, 9.17) is 0 Å². The summed E-state index contributed by atoms with van der Waals surface area (Å²) in [5.41, 5.74) is -0.535. The lowest BCUT2D eigenvalue weighted by Crippen LogP contribution is -2.26. The molecule has 0 spiro atoms. The second-order valence-corrected chi connectivity index (χ2v) is 10.6. The van der Waals surface area contributed by atoms with E-state index in [9.17, 15) is 18.9 Å². The molecule has 0 fully saturated rings. The van der Waals surface area contributed by atoms with E-state index in [-0.39, 0.29) is 0 Å². The van der Waals surface area contributed by atoms with Gasteiger partial charge in [0.2, 0.25) is 16.6 Å². The van der Waals surface area contributed by atoms with E-state index in [1.165, 1.54) is 0 Å².